The van der Waals surface area contributed by atoms with Crippen LogP contribution in [0.25, 0.3) is 16.9 Å². The topological polar surface area (TPSA) is 91.6 Å². The summed E-state index contributed by atoms with van der Waals surface area (Å²) < 4.78 is 42.3. The first-order valence-electron chi connectivity index (χ1n) is 6.68. The molecule has 0 unspecified atom stereocenters. The second kappa shape index (κ2) is 5.48. The lowest BCUT2D eigenvalue weighted by Gasteiger charge is -2.07. The quantitative estimate of drug-likeness (QED) is 0.789. The number of nitrogens with two attached hydrogens (primary N) is 1. The van der Waals surface area contributed by atoms with Gasteiger partial charge in [-0.3, -0.25) is 9.78 Å². The summed E-state index contributed by atoms with van der Waals surface area (Å²) in [6.07, 6.45) is 0.590. The largest absolute Gasteiger partial charge is 0.435 e. The van der Waals surface area contributed by atoms with Gasteiger partial charge in [-0.25, -0.2) is 9.67 Å². The monoisotopic (exact) mass is 336 g/mol. The maximum absolute atomic E-state index is 13.4. The molecule has 124 valence electrons. The van der Waals surface area contributed by atoms with Gasteiger partial charge in [0.2, 0.25) is 0 Å². The molecule has 7 nitrogen and oxygen atoms in total. The van der Waals surface area contributed by atoms with E-state index in [2.05, 4.69) is 15.1 Å². The maximum Gasteiger partial charge on any atom is 0.435 e. The molecule has 0 atom stereocenters. The molecule has 0 bridgehead atoms. The summed E-state index contributed by atoms with van der Waals surface area (Å²) in [5.41, 5.74) is 4.36. The fraction of sp³-hybridized carbons (Fsp3) is 0.143. The molecular weight excluding hydrogens is 325 g/mol. The molecule has 0 aliphatic carbocycles. The lowest BCUT2D eigenvalue weighted by atomic mass is 10.2. The van der Waals surface area contributed by atoms with Gasteiger partial charge in [-0.05, 0) is 12.1 Å². The minimum atomic E-state index is -4.68. The zero-order chi connectivity index (χ0) is 17.5. The zero-order valence-electron chi connectivity index (χ0n) is 12.3. The van der Waals surface area contributed by atoms with Crippen LogP contribution in [-0.4, -0.2) is 30.2 Å². The van der Waals surface area contributed by atoms with E-state index < -0.39 is 17.8 Å². The number of halogens is 3. The van der Waals surface area contributed by atoms with Crippen molar-refractivity contribution in [3.8, 4) is 16.9 Å². The van der Waals surface area contributed by atoms with E-state index in [1.807, 2.05) is 0 Å². The number of amides is 1. The Bertz CT molecular complexity index is 897. The molecule has 0 fully saturated rings. The third kappa shape index (κ3) is 2.62. The Kier molecular flexibility index (Phi) is 3.59. The summed E-state index contributed by atoms with van der Waals surface area (Å²) in [6.45, 7) is 0. The van der Waals surface area contributed by atoms with Gasteiger partial charge in [-0.15, -0.1) is 0 Å². The van der Waals surface area contributed by atoms with Crippen molar-refractivity contribution in [1.82, 2.24) is 24.3 Å². The summed E-state index contributed by atoms with van der Waals surface area (Å²) in [6, 6.07) is 3.05. The Morgan fingerprint density at radius 3 is 2.46 bits per heavy atom. The molecule has 3 heterocycles. The first-order valence-corrected chi connectivity index (χ1v) is 6.68. The van der Waals surface area contributed by atoms with E-state index in [1.165, 1.54) is 42.3 Å². The van der Waals surface area contributed by atoms with Crippen LogP contribution in [0.5, 0.6) is 0 Å². The van der Waals surface area contributed by atoms with Crippen LogP contribution in [-0.2, 0) is 13.2 Å². The van der Waals surface area contributed by atoms with Crippen LogP contribution in [0.4, 0.5) is 13.2 Å². The predicted octanol–water partition coefficient (Wildman–Crippen LogP) is 1.79. The first kappa shape index (κ1) is 15.7. The molecule has 0 aliphatic heterocycles. The Balaban J connectivity index is 2.20. The molecule has 0 radical (unpaired) electrons. The van der Waals surface area contributed by atoms with Crippen molar-refractivity contribution < 1.29 is 18.0 Å². The minimum absolute atomic E-state index is 0.0800. The van der Waals surface area contributed by atoms with E-state index in [0.29, 0.717) is 5.69 Å². The second-order valence-electron chi connectivity index (χ2n) is 4.93. The van der Waals surface area contributed by atoms with Crippen molar-refractivity contribution in [1.29, 1.82) is 0 Å². The van der Waals surface area contributed by atoms with Crippen molar-refractivity contribution in [2.45, 2.75) is 6.18 Å². The molecule has 3 aromatic rings. The summed E-state index contributed by atoms with van der Waals surface area (Å²) in [7, 11) is 1.41. The van der Waals surface area contributed by atoms with Crippen molar-refractivity contribution in [3.05, 3.63) is 48.4 Å². The highest BCUT2D eigenvalue weighted by Gasteiger charge is 2.38. The van der Waals surface area contributed by atoms with Crippen LogP contribution in [0.2, 0.25) is 0 Å². The van der Waals surface area contributed by atoms with E-state index >= 15 is 0 Å². The fourth-order valence-corrected chi connectivity index (χ4v) is 2.29. The lowest BCUT2D eigenvalue weighted by Crippen LogP contribution is -2.17. The molecule has 3 rings (SSSR count). The van der Waals surface area contributed by atoms with E-state index in [1.54, 1.807) is 0 Å². The number of imidazole rings is 1. The number of hydrogen-bond donors (Lipinski definition) is 1. The summed E-state index contributed by atoms with van der Waals surface area (Å²) >= 11 is 0. The number of nitrogens with zero attached hydrogens (tertiary/aromatic N) is 5. The Morgan fingerprint density at radius 1 is 1.25 bits per heavy atom. The van der Waals surface area contributed by atoms with Crippen LogP contribution in [0.15, 0.2) is 36.9 Å². The second-order valence-corrected chi connectivity index (χ2v) is 4.93. The third-order valence-corrected chi connectivity index (χ3v) is 3.39. The minimum Gasteiger partial charge on any atom is -0.363 e. The zero-order valence-corrected chi connectivity index (χ0v) is 12.3. The molecule has 2 N–H and O–H groups in total. The molecule has 3 aromatic heterocycles. The maximum atomic E-state index is 13.4. The predicted molar refractivity (Wildman–Crippen MR) is 77.1 cm³/mol. The molecule has 0 aliphatic rings. The van der Waals surface area contributed by atoms with Gasteiger partial charge in [0.25, 0.3) is 5.91 Å². The van der Waals surface area contributed by atoms with Gasteiger partial charge in [0.05, 0.1) is 23.1 Å². The molecule has 0 aromatic carbocycles. The molecule has 24 heavy (non-hydrogen) atoms. The number of carbonyl (C=O) groups is 1. The average molecular weight is 336 g/mol. The van der Waals surface area contributed by atoms with Crippen LogP contribution in [0.3, 0.4) is 0 Å². The number of aromatic nitrogens is 5. The standard InChI is InChI=1S/C14H11F3N6O/c1-22-10(6-20-13(22)12(18)24)9-7-23(8-2-4-19-5-3-8)21-11(9)14(15,16)17/h2-7H,1H3,(H2,18,24). The highest BCUT2D eigenvalue weighted by molar-refractivity contribution is 5.90. The van der Waals surface area contributed by atoms with Crippen LogP contribution < -0.4 is 5.73 Å². The molecule has 0 spiro atoms. The van der Waals surface area contributed by atoms with Gasteiger partial charge in [-0.2, -0.15) is 18.3 Å². The van der Waals surface area contributed by atoms with E-state index in [9.17, 15) is 18.0 Å². The third-order valence-electron chi connectivity index (χ3n) is 3.39. The van der Waals surface area contributed by atoms with E-state index in [4.69, 9.17) is 5.73 Å². The first-order chi connectivity index (χ1) is 11.3. The van der Waals surface area contributed by atoms with Crippen molar-refractivity contribution >= 4 is 5.91 Å². The molecule has 1 amide bonds. The summed E-state index contributed by atoms with van der Waals surface area (Å²) in [4.78, 5) is 18.8. The smallest absolute Gasteiger partial charge is 0.363 e. The van der Waals surface area contributed by atoms with Gasteiger partial charge in [0.15, 0.2) is 11.5 Å². The highest BCUT2D eigenvalue weighted by atomic mass is 19.4. The van der Waals surface area contributed by atoms with Gasteiger partial charge >= 0.3 is 6.18 Å². The average Bonchev–Trinajstić information content (AvgIpc) is 3.11. The van der Waals surface area contributed by atoms with E-state index in [0.717, 1.165) is 10.9 Å². The Morgan fingerprint density at radius 2 is 1.92 bits per heavy atom. The summed E-state index contributed by atoms with van der Waals surface area (Å²) in [5, 5.41) is 3.63. The SMILES string of the molecule is Cn1c(-c2cn(-c3ccncc3)nc2C(F)(F)F)cnc1C(N)=O. The molecule has 0 saturated carbocycles. The Hall–Kier alpha value is -3.17. The van der Waals surface area contributed by atoms with Gasteiger partial charge in [-0.1, -0.05) is 0 Å². The molecular formula is C14H11F3N6O. The fourth-order valence-electron chi connectivity index (χ4n) is 2.29. The number of pyridine rings is 1. The Labute approximate surface area is 133 Å². The van der Waals surface area contributed by atoms with Crippen molar-refractivity contribution in [3.63, 3.8) is 0 Å². The van der Waals surface area contributed by atoms with E-state index in [-0.39, 0.29) is 17.1 Å². The lowest BCUT2D eigenvalue weighted by molar-refractivity contribution is -0.140. The highest BCUT2D eigenvalue weighted by Crippen LogP contribution is 2.36. The number of alkyl halides is 3. The van der Waals surface area contributed by atoms with Crippen LogP contribution in [0, 0.1) is 0 Å². The van der Waals surface area contributed by atoms with Gasteiger partial charge in [0, 0.05) is 25.6 Å². The normalized spacial score (nSPS) is 11.7. The molecule has 10 heteroatoms. The molecule has 0 saturated heterocycles. The number of rotatable bonds is 3. The van der Waals surface area contributed by atoms with Crippen LogP contribution >= 0.6 is 0 Å². The van der Waals surface area contributed by atoms with Gasteiger partial charge < -0.3 is 10.3 Å². The van der Waals surface area contributed by atoms with Crippen LogP contribution in [0.1, 0.15) is 16.3 Å². The number of hydrogen-bond acceptors (Lipinski definition) is 4. The number of carbonyl (C=O) groups excluding carboxylic acids is 1. The number of primary amides is 1. The van der Waals surface area contributed by atoms with Gasteiger partial charge in [0.1, 0.15) is 0 Å². The summed E-state index contributed by atoms with van der Waals surface area (Å²) in [5.74, 6) is -0.978. The van der Waals surface area contributed by atoms with Crippen molar-refractivity contribution in [2.24, 2.45) is 12.8 Å². The van der Waals surface area contributed by atoms with Crippen molar-refractivity contribution in [2.75, 3.05) is 0 Å².